The van der Waals surface area contributed by atoms with Crippen molar-refractivity contribution < 1.29 is 14.0 Å². The van der Waals surface area contributed by atoms with Crippen LogP contribution in [0.4, 0.5) is 9.18 Å². The van der Waals surface area contributed by atoms with E-state index in [-0.39, 0.29) is 29.8 Å². The van der Waals surface area contributed by atoms with Crippen LogP contribution in [0, 0.1) is 5.82 Å². The first-order valence-electron chi connectivity index (χ1n) is 7.11. The molecule has 3 amide bonds. The van der Waals surface area contributed by atoms with E-state index in [1.54, 1.807) is 17.0 Å². The van der Waals surface area contributed by atoms with E-state index in [0.717, 1.165) is 5.56 Å². The number of nitrogens with zero attached hydrogens (tertiary/aromatic N) is 1. The molecule has 0 bridgehead atoms. The van der Waals surface area contributed by atoms with Crippen LogP contribution in [0.3, 0.4) is 0 Å². The summed E-state index contributed by atoms with van der Waals surface area (Å²) < 4.78 is 13.6. The van der Waals surface area contributed by atoms with Gasteiger partial charge in [0.1, 0.15) is 5.82 Å². The molecule has 0 saturated carbocycles. The number of nitrogens with one attached hydrogen (secondary N) is 2. The summed E-state index contributed by atoms with van der Waals surface area (Å²) in [6.45, 7) is 4.42. The minimum absolute atomic E-state index is 0.0478. The van der Waals surface area contributed by atoms with Gasteiger partial charge in [0.15, 0.2) is 0 Å². The molecule has 1 atom stereocenters. The van der Waals surface area contributed by atoms with Crippen LogP contribution in [0.15, 0.2) is 22.7 Å². The number of likely N-dealkylation sites (tertiary alicyclic amines) is 1. The van der Waals surface area contributed by atoms with Gasteiger partial charge in [-0.3, -0.25) is 4.79 Å². The Morgan fingerprint density at radius 2 is 2.14 bits per heavy atom. The van der Waals surface area contributed by atoms with Crippen LogP contribution in [0.25, 0.3) is 0 Å². The minimum Gasteiger partial charge on any atom is -0.350 e. The molecule has 1 aromatic carbocycles. The van der Waals surface area contributed by atoms with Gasteiger partial charge >= 0.3 is 6.03 Å². The van der Waals surface area contributed by atoms with Crippen LogP contribution in [-0.2, 0) is 11.2 Å². The first kappa shape index (κ1) is 16.7. The fourth-order valence-corrected chi connectivity index (χ4v) is 2.82. The van der Waals surface area contributed by atoms with Crippen molar-refractivity contribution in [1.82, 2.24) is 15.5 Å². The number of hydrogen-bond acceptors (Lipinski definition) is 2. The van der Waals surface area contributed by atoms with E-state index >= 15 is 0 Å². The van der Waals surface area contributed by atoms with E-state index in [1.165, 1.54) is 13.0 Å². The molecular formula is C15H19BrFN3O2. The Morgan fingerprint density at radius 1 is 1.45 bits per heavy atom. The number of hydrogen-bond donors (Lipinski definition) is 2. The van der Waals surface area contributed by atoms with Crippen LogP contribution in [0.2, 0.25) is 0 Å². The molecule has 0 radical (unpaired) electrons. The van der Waals surface area contributed by atoms with Gasteiger partial charge in [-0.2, -0.15) is 0 Å². The molecule has 1 fully saturated rings. The van der Waals surface area contributed by atoms with Crippen molar-refractivity contribution in [3.05, 3.63) is 34.1 Å². The second-order valence-corrected chi connectivity index (χ2v) is 6.46. The zero-order chi connectivity index (χ0) is 16.3. The fraction of sp³-hybridized carbons (Fsp3) is 0.467. The van der Waals surface area contributed by atoms with E-state index in [2.05, 4.69) is 26.6 Å². The highest BCUT2D eigenvalue weighted by Crippen LogP contribution is 2.18. The minimum atomic E-state index is -0.301. The van der Waals surface area contributed by atoms with Gasteiger partial charge in [0.25, 0.3) is 0 Å². The molecule has 1 heterocycles. The Labute approximate surface area is 137 Å². The molecule has 1 aromatic rings. The van der Waals surface area contributed by atoms with Crippen molar-refractivity contribution in [3.8, 4) is 0 Å². The zero-order valence-electron chi connectivity index (χ0n) is 12.5. The number of carbonyl (C=O) groups is 2. The maximum atomic E-state index is 13.2. The summed E-state index contributed by atoms with van der Waals surface area (Å²) in [5.74, 6) is -0.384. The maximum absolute atomic E-state index is 13.2. The number of halogens is 2. The van der Waals surface area contributed by atoms with Crippen molar-refractivity contribution >= 4 is 27.9 Å². The molecule has 1 aliphatic heterocycles. The molecule has 0 spiro atoms. The van der Waals surface area contributed by atoms with Crippen LogP contribution in [-0.4, -0.2) is 42.0 Å². The highest BCUT2D eigenvalue weighted by molar-refractivity contribution is 9.10. The lowest BCUT2D eigenvalue weighted by atomic mass is 10.1. The summed E-state index contributed by atoms with van der Waals surface area (Å²) in [6.07, 6.45) is 0.619. The van der Waals surface area contributed by atoms with Gasteiger partial charge in [0.2, 0.25) is 5.91 Å². The lowest BCUT2D eigenvalue weighted by Crippen LogP contribution is -2.63. The summed E-state index contributed by atoms with van der Waals surface area (Å²) in [7, 11) is 0. The molecule has 7 heteroatoms. The van der Waals surface area contributed by atoms with Gasteiger partial charge in [-0.1, -0.05) is 6.07 Å². The van der Waals surface area contributed by atoms with Crippen molar-refractivity contribution in [3.63, 3.8) is 0 Å². The highest BCUT2D eigenvalue weighted by atomic mass is 79.9. The lowest BCUT2D eigenvalue weighted by Gasteiger charge is -2.39. The summed E-state index contributed by atoms with van der Waals surface area (Å²) >= 11 is 3.15. The highest BCUT2D eigenvalue weighted by Gasteiger charge is 2.31. The quantitative estimate of drug-likeness (QED) is 0.850. The molecule has 1 aliphatic rings. The van der Waals surface area contributed by atoms with Gasteiger partial charge in [-0.05, 0) is 47.0 Å². The van der Waals surface area contributed by atoms with Crippen LogP contribution in [0.5, 0.6) is 0 Å². The number of carbonyl (C=O) groups excluding carboxylic acids is 2. The third kappa shape index (κ3) is 4.43. The molecule has 120 valence electrons. The van der Waals surface area contributed by atoms with Crippen LogP contribution in [0.1, 0.15) is 19.4 Å². The largest absolute Gasteiger partial charge is 0.350 e. The summed E-state index contributed by atoms with van der Waals surface area (Å²) in [4.78, 5) is 24.6. The predicted octanol–water partition coefficient (Wildman–Crippen LogP) is 2.05. The Bertz CT molecular complexity index is 576. The molecule has 0 aliphatic carbocycles. The van der Waals surface area contributed by atoms with E-state index in [4.69, 9.17) is 0 Å². The number of rotatable bonds is 4. The molecule has 0 aromatic heterocycles. The Balaban J connectivity index is 1.77. The average Bonchev–Trinajstić information content (AvgIpc) is 2.37. The Morgan fingerprint density at radius 3 is 2.73 bits per heavy atom. The Hall–Kier alpha value is -1.63. The second-order valence-electron chi connectivity index (χ2n) is 5.61. The lowest BCUT2D eigenvalue weighted by molar-refractivity contribution is -0.120. The maximum Gasteiger partial charge on any atom is 0.317 e. The topological polar surface area (TPSA) is 61.4 Å². The van der Waals surface area contributed by atoms with Gasteiger partial charge in [-0.15, -0.1) is 0 Å². The van der Waals surface area contributed by atoms with E-state index in [9.17, 15) is 14.0 Å². The molecule has 1 unspecified atom stereocenters. The first-order valence-corrected chi connectivity index (χ1v) is 7.91. The van der Waals surface area contributed by atoms with Gasteiger partial charge in [0, 0.05) is 26.1 Å². The van der Waals surface area contributed by atoms with Gasteiger partial charge in [-0.25, -0.2) is 9.18 Å². The monoisotopic (exact) mass is 371 g/mol. The predicted molar refractivity (Wildman–Crippen MR) is 85.0 cm³/mol. The Kier molecular flexibility index (Phi) is 5.39. The van der Waals surface area contributed by atoms with Crippen LogP contribution >= 0.6 is 15.9 Å². The SMILES string of the molecule is CC(=O)NC1CN(C(=O)NC(C)Cc2ccc(F)c(Br)c2)C1. The normalized spacial score (nSPS) is 15.9. The summed E-state index contributed by atoms with van der Waals surface area (Å²) in [5.41, 5.74) is 0.945. The van der Waals surface area contributed by atoms with Crippen molar-refractivity contribution in [2.24, 2.45) is 0 Å². The van der Waals surface area contributed by atoms with E-state index in [0.29, 0.717) is 24.0 Å². The average molecular weight is 372 g/mol. The van der Waals surface area contributed by atoms with Crippen LogP contribution < -0.4 is 10.6 Å². The zero-order valence-corrected chi connectivity index (χ0v) is 14.1. The first-order chi connectivity index (χ1) is 10.3. The molecule has 22 heavy (non-hydrogen) atoms. The van der Waals surface area contributed by atoms with Gasteiger partial charge in [0.05, 0.1) is 10.5 Å². The van der Waals surface area contributed by atoms with Crippen molar-refractivity contribution in [2.75, 3.05) is 13.1 Å². The van der Waals surface area contributed by atoms with Gasteiger partial charge < -0.3 is 15.5 Å². The standard InChI is InChI=1S/C15H19BrFN3O2/c1-9(5-11-3-4-14(17)13(16)6-11)18-15(22)20-7-12(8-20)19-10(2)21/h3-4,6,9,12H,5,7-8H2,1-2H3,(H,18,22)(H,19,21). The second kappa shape index (κ2) is 7.09. The third-order valence-electron chi connectivity index (χ3n) is 3.47. The molecule has 5 nitrogen and oxygen atoms in total. The molecule has 1 saturated heterocycles. The molecule has 2 N–H and O–H groups in total. The number of benzene rings is 1. The molecule has 2 rings (SSSR count). The van der Waals surface area contributed by atoms with E-state index in [1.807, 2.05) is 6.92 Å². The summed E-state index contributed by atoms with van der Waals surface area (Å²) in [6, 6.07) is 4.67. The number of amides is 3. The smallest absolute Gasteiger partial charge is 0.317 e. The number of urea groups is 1. The summed E-state index contributed by atoms with van der Waals surface area (Å²) in [5, 5.41) is 5.67. The fourth-order valence-electron chi connectivity index (χ4n) is 2.40. The third-order valence-corrected chi connectivity index (χ3v) is 4.08. The van der Waals surface area contributed by atoms with E-state index < -0.39 is 0 Å². The van der Waals surface area contributed by atoms with Crippen molar-refractivity contribution in [1.29, 1.82) is 0 Å². The van der Waals surface area contributed by atoms with Crippen molar-refractivity contribution in [2.45, 2.75) is 32.4 Å². The molecular weight excluding hydrogens is 353 g/mol.